The number of halogens is 1. The predicted octanol–water partition coefficient (Wildman–Crippen LogP) is 2.83. The molecule has 4 rings (SSSR count). The van der Waals surface area contributed by atoms with Gasteiger partial charge in [-0.15, -0.1) is 0 Å². The number of nitrogens with zero attached hydrogens (tertiary/aromatic N) is 2. The van der Waals surface area contributed by atoms with Crippen LogP contribution in [0.15, 0.2) is 54.7 Å². The highest BCUT2D eigenvalue weighted by molar-refractivity contribution is 6.31. The number of aromatic amines is 1. The van der Waals surface area contributed by atoms with E-state index in [4.69, 9.17) is 11.6 Å². The maximum absolute atomic E-state index is 12.5. The van der Waals surface area contributed by atoms with E-state index in [2.05, 4.69) is 27.3 Å². The van der Waals surface area contributed by atoms with Gasteiger partial charge in [0, 0.05) is 54.0 Å². The van der Waals surface area contributed by atoms with E-state index in [1.54, 1.807) is 6.07 Å². The summed E-state index contributed by atoms with van der Waals surface area (Å²) in [5, 5.41) is 4.37. The minimum atomic E-state index is -0.169. The number of carbonyl (C=O) groups is 2. The first kappa shape index (κ1) is 19.3. The number of nitrogens with one attached hydrogen (secondary N) is 2. The zero-order valence-corrected chi connectivity index (χ0v) is 16.8. The van der Waals surface area contributed by atoms with Gasteiger partial charge in [0.25, 0.3) is 0 Å². The molecule has 0 unspecified atom stereocenters. The van der Waals surface area contributed by atoms with E-state index in [0.29, 0.717) is 18.1 Å². The van der Waals surface area contributed by atoms with Gasteiger partial charge in [-0.3, -0.25) is 9.59 Å². The van der Waals surface area contributed by atoms with E-state index in [1.807, 2.05) is 41.4 Å². The van der Waals surface area contributed by atoms with E-state index in [0.717, 1.165) is 29.6 Å². The van der Waals surface area contributed by atoms with E-state index in [1.165, 1.54) is 5.69 Å². The minimum absolute atomic E-state index is 0.0261. The Balaban J connectivity index is 1.26. The topological polar surface area (TPSA) is 68.4 Å². The van der Waals surface area contributed by atoms with Crippen LogP contribution in [0, 0.1) is 0 Å². The molecule has 0 saturated carbocycles. The number of para-hydroxylation sites is 1. The van der Waals surface area contributed by atoms with Crippen molar-refractivity contribution in [1.29, 1.82) is 0 Å². The second kappa shape index (κ2) is 8.57. The number of benzene rings is 2. The second-order valence-electron chi connectivity index (χ2n) is 7.16. The Hall–Kier alpha value is -2.99. The average molecular weight is 411 g/mol. The van der Waals surface area contributed by atoms with Crippen LogP contribution in [-0.2, 0) is 16.0 Å². The summed E-state index contributed by atoms with van der Waals surface area (Å²) in [5.41, 5.74) is 2.96. The third-order valence-corrected chi connectivity index (χ3v) is 5.51. The summed E-state index contributed by atoms with van der Waals surface area (Å²) in [6.45, 7) is 2.93. The lowest BCUT2D eigenvalue weighted by Crippen LogP contribution is -2.51. The summed E-state index contributed by atoms with van der Waals surface area (Å²) in [5.74, 6) is -0.214. The van der Waals surface area contributed by atoms with Crippen molar-refractivity contribution in [3.63, 3.8) is 0 Å². The Morgan fingerprint density at radius 3 is 2.55 bits per heavy atom. The van der Waals surface area contributed by atoms with Crippen LogP contribution < -0.4 is 10.2 Å². The Labute approximate surface area is 174 Å². The van der Waals surface area contributed by atoms with Crippen molar-refractivity contribution in [3.8, 4) is 0 Å². The zero-order chi connectivity index (χ0) is 20.2. The highest BCUT2D eigenvalue weighted by atomic mass is 35.5. The van der Waals surface area contributed by atoms with Crippen molar-refractivity contribution in [1.82, 2.24) is 15.2 Å². The van der Waals surface area contributed by atoms with Gasteiger partial charge >= 0.3 is 0 Å². The predicted molar refractivity (Wildman–Crippen MR) is 115 cm³/mol. The first-order valence-electron chi connectivity index (χ1n) is 9.70. The Bertz CT molecular complexity index is 1010. The highest BCUT2D eigenvalue weighted by Gasteiger charge is 2.21. The van der Waals surface area contributed by atoms with Gasteiger partial charge < -0.3 is 20.1 Å². The Morgan fingerprint density at radius 1 is 1.03 bits per heavy atom. The number of amides is 2. The van der Waals surface area contributed by atoms with E-state index in [9.17, 15) is 9.59 Å². The molecule has 2 aromatic carbocycles. The molecule has 1 fully saturated rings. The summed E-state index contributed by atoms with van der Waals surface area (Å²) in [6, 6.07) is 15.7. The van der Waals surface area contributed by atoms with Crippen LogP contribution in [0.1, 0.15) is 5.56 Å². The molecule has 1 aliphatic rings. The quantitative estimate of drug-likeness (QED) is 0.679. The number of hydrogen-bond acceptors (Lipinski definition) is 3. The summed E-state index contributed by atoms with van der Waals surface area (Å²) in [6.07, 6.45) is 2.03. The number of fused-ring (bicyclic) bond motifs is 1. The molecule has 6 nitrogen and oxygen atoms in total. The number of carbonyl (C=O) groups excluding carboxylic acids is 2. The molecule has 150 valence electrons. The lowest BCUT2D eigenvalue weighted by Gasteiger charge is -2.36. The smallest absolute Gasteiger partial charge is 0.242 e. The molecule has 1 aliphatic heterocycles. The molecule has 0 radical (unpaired) electrons. The van der Waals surface area contributed by atoms with Crippen LogP contribution in [0.5, 0.6) is 0 Å². The normalized spacial score (nSPS) is 14.2. The fraction of sp³-hybridized carbons (Fsp3) is 0.273. The molecule has 0 spiro atoms. The fourth-order valence-corrected chi connectivity index (χ4v) is 3.85. The van der Waals surface area contributed by atoms with E-state index < -0.39 is 0 Å². The van der Waals surface area contributed by atoms with Gasteiger partial charge in [-0.25, -0.2) is 0 Å². The first-order chi connectivity index (χ1) is 14.1. The number of rotatable bonds is 5. The monoisotopic (exact) mass is 410 g/mol. The largest absolute Gasteiger partial charge is 0.368 e. The summed E-state index contributed by atoms with van der Waals surface area (Å²) in [4.78, 5) is 32.0. The molecule has 2 amide bonds. The molecule has 7 heteroatoms. The lowest BCUT2D eigenvalue weighted by molar-refractivity contribution is -0.133. The SMILES string of the molecule is O=C(Cc1c[nH]c2cc(Cl)ccc12)NCC(=O)N1CCN(c2ccccc2)CC1. The molecule has 0 bridgehead atoms. The molecule has 2 heterocycles. The number of hydrogen-bond donors (Lipinski definition) is 2. The van der Waals surface area contributed by atoms with Crippen molar-refractivity contribution < 1.29 is 9.59 Å². The van der Waals surface area contributed by atoms with Gasteiger partial charge in [-0.1, -0.05) is 35.9 Å². The number of H-pyrrole nitrogens is 1. The number of aromatic nitrogens is 1. The van der Waals surface area contributed by atoms with Crippen LogP contribution in [0.2, 0.25) is 5.02 Å². The van der Waals surface area contributed by atoms with Gasteiger partial charge in [0.15, 0.2) is 0 Å². The molecule has 0 aliphatic carbocycles. The Kier molecular flexibility index (Phi) is 5.71. The van der Waals surface area contributed by atoms with Crippen molar-refractivity contribution in [2.24, 2.45) is 0 Å². The summed E-state index contributed by atoms with van der Waals surface area (Å²) >= 11 is 5.99. The first-order valence-corrected chi connectivity index (χ1v) is 10.1. The molecule has 0 atom stereocenters. The standard InChI is InChI=1S/C22H23ClN4O2/c23-17-6-7-19-16(14-24-20(19)13-17)12-21(28)25-15-22(29)27-10-8-26(9-11-27)18-4-2-1-3-5-18/h1-7,13-14,24H,8-12,15H2,(H,25,28). The summed E-state index contributed by atoms with van der Waals surface area (Å²) < 4.78 is 0. The second-order valence-corrected chi connectivity index (χ2v) is 7.60. The Morgan fingerprint density at radius 2 is 1.79 bits per heavy atom. The molecule has 2 N–H and O–H groups in total. The molecule has 29 heavy (non-hydrogen) atoms. The number of anilines is 1. The third kappa shape index (κ3) is 4.54. The van der Waals surface area contributed by atoms with Crippen LogP contribution in [-0.4, -0.2) is 54.4 Å². The zero-order valence-electron chi connectivity index (χ0n) is 16.0. The van der Waals surface area contributed by atoms with Crippen LogP contribution in [0.25, 0.3) is 10.9 Å². The van der Waals surface area contributed by atoms with Crippen molar-refractivity contribution in [2.45, 2.75) is 6.42 Å². The summed E-state index contributed by atoms with van der Waals surface area (Å²) in [7, 11) is 0. The van der Waals surface area contributed by atoms with Crippen molar-refractivity contribution >= 4 is 40.0 Å². The van der Waals surface area contributed by atoms with Crippen molar-refractivity contribution in [2.75, 3.05) is 37.6 Å². The van der Waals surface area contributed by atoms with Crippen molar-refractivity contribution in [3.05, 3.63) is 65.3 Å². The van der Waals surface area contributed by atoms with Gasteiger partial charge in [0.1, 0.15) is 0 Å². The molecular weight excluding hydrogens is 388 g/mol. The minimum Gasteiger partial charge on any atom is -0.368 e. The maximum Gasteiger partial charge on any atom is 0.242 e. The van der Waals surface area contributed by atoms with Gasteiger partial charge in [-0.2, -0.15) is 0 Å². The highest BCUT2D eigenvalue weighted by Crippen LogP contribution is 2.22. The molecule has 3 aromatic rings. The van der Waals surface area contributed by atoms with Crippen LogP contribution >= 0.6 is 11.6 Å². The molecular formula is C22H23ClN4O2. The average Bonchev–Trinajstić information content (AvgIpc) is 3.14. The van der Waals surface area contributed by atoms with Gasteiger partial charge in [0.2, 0.25) is 11.8 Å². The molecule has 1 aromatic heterocycles. The molecule has 1 saturated heterocycles. The van der Waals surface area contributed by atoms with Crippen LogP contribution in [0.4, 0.5) is 5.69 Å². The van der Waals surface area contributed by atoms with Crippen LogP contribution in [0.3, 0.4) is 0 Å². The lowest BCUT2D eigenvalue weighted by atomic mass is 10.1. The third-order valence-electron chi connectivity index (χ3n) is 5.27. The van der Waals surface area contributed by atoms with Gasteiger partial charge in [-0.05, 0) is 29.8 Å². The fourth-order valence-electron chi connectivity index (χ4n) is 3.68. The number of piperazine rings is 1. The van der Waals surface area contributed by atoms with E-state index >= 15 is 0 Å². The maximum atomic E-state index is 12.5. The van der Waals surface area contributed by atoms with E-state index in [-0.39, 0.29) is 24.8 Å². The van der Waals surface area contributed by atoms with Gasteiger partial charge in [0.05, 0.1) is 13.0 Å².